The van der Waals surface area contributed by atoms with E-state index >= 15 is 0 Å². The first kappa shape index (κ1) is 19.3. The van der Waals surface area contributed by atoms with Crippen LogP contribution in [0.1, 0.15) is 29.8 Å². The second-order valence-electron chi connectivity index (χ2n) is 6.17. The SMILES string of the molecule is CCN(CC)Cc1ccc(C(=O)Nc2cc(Cl)ccc2N(C)C)cc1. The number of benzene rings is 2. The van der Waals surface area contributed by atoms with E-state index in [0.717, 1.165) is 25.3 Å². The van der Waals surface area contributed by atoms with E-state index in [-0.39, 0.29) is 5.91 Å². The van der Waals surface area contributed by atoms with Gasteiger partial charge >= 0.3 is 0 Å². The highest BCUT2D eigenvalue weighted by Gasteiger charge is 2.11. The second kappa shape index (κ2) is 8.88. The number of halogens is 1. The maximum atomic E-state index is 12.6. The monoisotopic (exact) mass is 359 g/mol. The number of anilines is 2. The first-order valence-corrected chi connectivity index (χ1v) is 8.91. The van der Waals surface area contributed by atoms with Crippen molar-refractivity contribution < 1.29 is 4.79 Å². The van der Waals surface area contributed by atoms with Crippen molar-refractivity contribution in [3.05, 3.63) is 58.6 Å². The summed E-state index contributed by atoms with van der Waals surface area (Å²) in [7, 11) is 3.86. The molecule has 2 aromatic carbocycles. The van der Waals surface area contributed by atoms with Crippen LogP contribution in [0, 0.1) is 0 Å². The normalized spacial score (nSPS) is 10.8. The van der Waals surface area contributed by atoms with Crippen molar-refractivity contribution in [1.29, 1.82) is 0 Å². The van der Waals surface area contributed by atoms with Gasteiger partial charge in [0.05, 0.1) is 11.4 Å². The number of hydrogen-bond acceptors (Lipinski definition) is 3. The van der Waals surface area contributed by atoms with E-state index < -0.39 is 0 Å². The van der Waals surface area contributed by atoms with Crippen molar-refractivity contribution >= 4 is 28.9 Å². The predicted octanol–water partition coefficient (Wildman–Crippen LogP) is 4.50. The molecular formula is C20H26ClN3O. The van der Waals surface area contributed by atoms with E-state index in [1.54, 1.807) is 6.07 Å². The Labute approximate surface area is 155 Å². The number of amides is 1. The molecule has 0 aromatic heterocycles. The minimum atomic E-state index is -0.139. The third kappa shape index (κ3) is 5.21. The van der Waals surface area contributed by atoms with Crippen molar-refractivity contribution in [3.8, 4) is 0 Å². The fraction of sp³-hybridized carbons (Fsp3) is 0.350. The van der Waals surface area contributed by atoms with Crippen LogP contribution in [0.25, 0.3) is 0 Å². The van der Waals surface area contributed by atoms with Crippen LogP contribution in [0.5, 0.6) is 0 Å². The fourth-order valence-electron chi connectivity index (χ4n) is 2.66. The lowest BCUT2D eigenvalue weighted by Crippen LogP contribution is -2.22. The van der Waals surface area contributed by atoms with Gasteiger partial charge in [-0.3, -0.25) is 9.69 Å². The average Bonchev–Trinajstić information content (AvgIpc) is 2.60. The number of nitrogens with zero attached hydrogens (tertiary/aromatic N) is 2. The molecule has 0 unspecified atom stereocenters. The predicted molar refractivity (Wildman–Crippen MR) is 107 cm³/mol. The van der Waals surface area contributed by atoms with Crippen LogP contribution in [0.15, 0.2) is 42.5 Å². The summed E-state index contributed by atoms with van der Waals surface area (Å²) >= 11 is 6.07. The molecule has 0 radical (unpaired) electrons. The molecule has 25 heavy (non-hydrogen) atoms. The molecule has 0 aliphatic carbocycles. The zero-order valence-corrected chi connectivity index (χ0v) is 16.1. The van der Waals surface area contributed by atoms with Gasteiger partial charge in [0.2, 0.25) is 0 Å². The van der Waals surface area contributed by atoms with Crippen molar-refractivity contribution in [1.82, 2.24) is 4.90 Å². The summed E-state index contributed by atoms with van der Waals surface area (Å²) in [6.07, 6.45) is 0. The number of rotatable bonds is 7. The maximum absolute atomic E-state index is 12.6. The molecule has 2 aromatic rings. The summed E-state index contributed by atoms with van der Waals surface area (Å²) in [5.74, 6) is -0.139. The Bertz CT molecular complexity index is 709. The summed E-state index contributed by atoms with van der Waals surface area (Å²) in [6.45, 7) is 7.23. The number of carbonyl (C=O) groups is 1. The van der Waals surface area contributed by atoms with Crippen LogP contribution in [0.2, 0.25) is 5.02 Å². The topological polar surface area (TPSA) is 35.6 Å². The number of carbonyl (C=O) groups excluding carboxylic acids is 1. The second-order valence-corrected chi connectivity index (χ2v) is 6.60. The van der Waals surface area contributed by atoms with E-state index in [4.69, 9.17) is 11.6 Å². The molecule has 0 aliphatic heterocycles. The fourth-order valence-corrected chi connectivity index (χ4v) is 2.83. The third-order valence-corrected chi connectivity index (χ3v) is 4.44. The summed E-state index contributed by atoms with van der Waals surface area (Å²) in [6, 6.07) is 13.2. The van der Waals surface area contributed by atoms with Gasteiger partial charge in [-0.15, -0.1) is 0 Å². The molecule has 0 bridgehead atoms. The van der Waals surface area contributed by atoms with Gasteiger partial charge < -0.3 is 10.2 Å². The van der Waals surface area contributed by atoms with Gasteiger partial charge in [-0.2, -0.15) is 0 Å². The lowest BCUT2D eigenvalue weighted by molar-refractivity contribution is 0.102. The maximum Gasteiger partial charge on any atom is 0.255 e. The van der Waals surface area contributed by atoms with Crippen LogP contribution in [-0.2, 0) is 6.54 Å². The molecule has 0 aliphatic rings. The van der Waals surface area contributed by atoms with Crippen molar-refractivity contribution in [2.24, 2.45) is 0 Å². The van der Waals surface area contributed by atoms with E-state index in [1.807, 2.05) is 55.4 Å². The van der Waals surface area contributed by atoms with Gasteiger partial charge in [0.15, 0.2) is 0 Å². The molecule has 0 saturated heterocycles. The number of nitrogens with one attached hydrogen (secondary N) is 1. The molecule has 0 atom stereocenters. The summed E-state index contributed by atoms with van der Waals surface area (Å²) < 4.78 is 0. The Kier molecular flexibility index (Phi) is 6.85. The zero-order chi connectivity index (χ0) is 18.4. The van der Waals surface area contributed by atoms with E-state index in [9.17, 15) is 4.79 Å². The first-order chi connectivity index (χ1) is 11.9. The minimum absolute atomic E-state index is 0.139. The molecule has 0 saturated carbocycles. The molecular weight excluding hydrogens is 334 g/mol. The summed E-state index contributed by atoms with van der Waals surface area (Å²) in [5.41, 5.74) is 3.45. The van der Waals surface area contributed by atoms with Gasteiger partial charge in [0.25, 0.3) is 5.91 Å². The van der Waals surface area contributed by atoms with Crippen molar-refractivity contribution in [2.45, 2.75) is 20.4 Å². The van der Waals surface area contributed by atoms with Gasteiger partial charge in [0.1, 0.15) is 0 Å². The molecule has 0 spiro atoms. The molecule has 1 N–H and O–H groups in total. The molecule has 2 rings (SSSR count). The van der Waals surface area contributed by atoms with Crippen LogP contribution in [0.4, 0.5) is 11.4 Å². The highest BCUT2D eigenvalue weighted by Crippen LogP contribution is 2.28. The van der Waals surface area contributed by atoms with E-state index in [2.05, 4.69) is 24.1 Å². The highest BCUT2D eigenvalue weighted by molar-refractivity contribution is 6.31. The van der Waals surface area contributed by atoms with Crippen molar-refractivity contribution in [2.75, 3.05) is 37.4 Å². The van der Waals surface area contributed by atoms with Crippen LogP contribution < -0.4 is 10.2 Å². The molecule has 134 valence electrons. The van der Waals surface area contributed by atoms with Gasteiger partial charge in [-0.25, -0.2) is 0 Å². The average molecular weight is 360 g/mol. The Hall–Kier alpha value is -2.04. The van der Waals surface area contributed by atoms with E-state index in [0.29, 0.717) is 16.3 Å². The molecule has 4 nitrogen and oxygen atoms in total. The standard InChI is InChI=1S/C20H26ClN3O/c1-5-24(6-2)14-15-7-9-16(10-8-15)20(25)22-18-13-17(21)11-12-19(18)23(3)4/h7-13H,5-6,14H2,1-4H3,(H,22,25). The quantitative estimate of drug-likeness (QED) is 0.790. The molecule has 0 fully saturated rings. The zero-order valence-electron chi connectivity index (χ0n) is 15.3. The Balaban J connectivity index is 2.13. The van der Waals surface area contributed by atoms with Crippen LogP contribution in [0.3, 0.4) is 0 Å². The Morgan fingerprint density at radius 3 is 2.24 bits per heavy atom. The van der Waals surface area contributed by atoms with Crippen molar-refractivity contribution in [3.63, 3.8) is 0 Å². The van der Waals surface area contributed by atoms with E-state index in [1.165, 1.54) is 5.56 Å². The molecule has 5 heteroatoms. The van der Waals surface area contributed by atoms with Gasteiger partial charge in [0, 0.05) is 31.2 Å². The Morgan fingerprint density at radius 2 is 1.68 bits per heavy atom. The lowest BCUT2D eigenvalue weighted by Gasteiger charge is -2.19. The molecule has 0 heterocycles. The highest BCUT2D eigenvalue weighted by atomic mass is 35.5. The first-order valence-electron chi connectivity index (χ1n) is 8.54. The van der Waals surface area contributed by atoms with Crippen LogP contribution in [-0.4, -0.2) is 38.0 Å². The van der Waals surface area contributed by atoms with Crippen LogP contribution >= 0.6 is 11.6 Å². The minimum Gasteiger partial charge on any atom is -0.376 e. The molecule has 1 amide bonds. The Morgan fingerprint density at radius 1 is 1.04 bits per heavy atom. The summed E-state index contributed by atoms with van der Waals surface area (Å²) in [4.78, 5) is 16.8. The van der Waals surface area contributed by atoms with Gasteiger partial charge in [-0.05, 0) is 49.0 Å². The largest absolute Gasteiger partial charge is 0.376 e. The smallest absolute Gasteiger partial charge is 0.255 e. The lowest BCUT2D eigenvalue weighted by atomic mass is 10.1. The van der Waals surface area contributed by atoms with Gasteiger partial charge in [-0.1, -0.05) is 37.6 Å². The summed E-state index contributed by atoms with van der Waals surface area (Å²) in [5, 5.41) is 3.55. The number of hydrogen-bond donors (Lipinski definition) is 1. The third-order valence-electron chi connectivity index (χ3n) is 4.21.